The number of hydrogen-bond acceptors (Lipinski definition) is 2. The summed E-state index contributed by atoms with van der Waals surface area (Å²) >= 11 is 12.8. The molecule has 2 atom stereocenters. The zero-order valence-electron chi connectivity index (χ0n) is 10.6. The van der Waals surface area contributed by atoms with Gasteiger partial charge >= 0.3 is 0 Å². The maximum absolute atomic E-state index is 10.6. The maximum Gasteiger partial charge on any atom is 0.0871 e. The van der Waals surface area contributed by atoms with Gasteiger partial charge in [0, 0.05) is 26.4 Å². The van der Waals surface area contributed by atoms with Crippen molar-refractivity contribution < 1.29 is 5.11 Å². The fraction of sp³-hybridized carbons (Fsp3) is 0.200. The van der Waals surface area contributed by atoms with Crippen LogP contribution in [-0.2, 0) is 0 Å². The van der Waals surface area contributed by atoms with Gasteiger partial charge in [0.1, 0.15) is 0 Å². The van der Waals surface area contributed by atoms with Gasteiger partial charge in [0.05, 0.1) is 6.10 Å². The summed E-state index contributed by atoms with van der Waals surface area (Å²) in [5.74, 6) is -0.173. The Morgan fingerprint density at radius 1 is 1.00 bits per heavy atom. The third kappa shape index (κ3) is 3.83. The highest BCUT2D eigenvalue weighted by atomic mass is 79.9. The lowest BCUT2D eigenvalue weighted by Gasteiger charge is -2.23. The molecule has 0 spiro atoms. The molecule has 0 saturated heterocycles. The Hall–Kier alpha value is -0.390. The standard InChI is InChI=1S/C15H14Br2ClNO/c16-11-3-1-9(2-4-11)14(8-19)15(20)10-5-12(17)7-13(18)6-10/h1-7,14-15,20H,8,19H2. The van der Waals surface area contributed by atoms with E-state index in [9.17, 15) is 5.11 Å². The number of benzene rings is 2. The van der Waals surface area contributed by atoms with Crippen molar-refractivity contribution in [1.29, 1.82) is 0 Å². The van der Waals surface area contributed by atoms with Gasteiger partial charge in [-0.3, -0.25) is 0 Å². The van der Waals surface area contributed by atoms with Gasteiger partial charge in [0.25, 0.3) is 0 Å². The zero-order valence-corrected chi connectivity index (χ0v) is 14.5. The highest BCUT2D eigenvalue weighted by Gasteiger charge is 2.22. The van der Waals surface area contributed by atoms with Crippen molar-refractivity contribution in [3.05, 3.63) is 67.6 Å². The second kappa shape index (κ2) is 7.05. The average molecular weight is 420 g/mol. The topological polar surface area (TPSA) is 46.2 Å². The van der Waals surface area contributed by atoms with Crippen LogP contribution in [0.25, 0.3) is 0 Å². The van der Waals surface area contributed by atoms with E-state index in [0.717, 1.165) is 20.1 Å². The Balaban J connectivity index is 2.33. The fourth-order valence-corrected chi connectivity index (χ4v) is 3.29. The average Bonchev–Trinajstić information content (AvgIpc) is 2.40. The fourth-order valence-electron chi connectivity index (χ4n) is 2.14. The summed E-state index contributed by atoms with van der Waals surface area (Å²) in [7, 11) is 0. The molecule has 2 aromatic rings. The van der Waals surface area contributed by atoms with Crippen LogP contribution in [0.1, 0.15) is 23.1 Å². The SMILES string of the molecule is NCC(c1ccc(Br)cc1)C(O)c1cc(Cl)cc(Br)c1. The molecular formula is C15H14Br2ClNO. The van der Waals surface area contributed by atoms with E-state index in [-0.39, 0.29) is 5.92 Å². The molecule has 5 heteroatoms. The molecule has 0 saturated carbocycles. The molecule has 0 amide bonds. The first-order valence-electron chi connectivity index (χ1n) is 6.11. The lowest BCUT2D eigenvalue weighted by Crippen LogP contribution is -2.20. The molecule has 2 nitrogen and oxygen atoms in total. The molecule has 0 aliphatic carbocycles. The number of rotatable bonds is 4. The molecule has 0 aliphatic heterocycles. The largest absolute Gasteiger partial charge is 0.388 e. The van der Waals surface area contributed by atoms with Gasteiger partial charge in [-0.15, -0.1) is 0 Å². The first-order chi connectivity index (χ1) is 9.51. The van der Waals surface area contributed by atoms with E-state index < -0.39 is 6.10 Å². The Kier molecular flexibility index (Phi) is 5.64. The van der Waals surface area contributed by atoms with Crippen molar-refractivity contribution in [3.63, 3.8) is 0 Å². The molecule has 0 bridgehead atoms. The van der Waals surface area contributed by atoms with Gasteiger partial charge in [-0.25, -0.2) is 0 Å². The van der Waals surface area contributed by atoms with Gasteiger partial charge in [-0.05, 0) is 41.5 Å². The number of nitrogens with two attached hydrogens (primary N) is 1. The third-order valence-electron chi connectivity index (χ3n) is 3.16. The minimum atomic E-state index is -0.698. The molecule has 2 unspecified atom stereocenters. The Bertz CT molecular complexity index is 569. The summed E-state index contributed by atoms with van der Waals surface area (Å²) in [4.78, 5) is 0. The second-order valence-corrected chi connectivity index (χ2v) is 6.81. The second-order valence-electron chi connectivity index (χ2n) is 4.54. The van der Waals surface area contributed by atoms with Gasteiger partial charge in [0.15, 0.2) is 0 Å². The lowest BCUT2D eigenvalue weighted by atomic mass is 9.89. The lowest BCUT2D eigenvalue weighted by molar-refractivity contribution is 0.147. The molecule has 0 fully saturated rings. The van der Waals surface area contributed by atoms with Crippen LogP contribution in [0.5, 0.6) is 0 Å². The van der Waals surface area contributed by atoms with Crippen LogP contribution < -0.4 is 5.73 Å². The minimum Gasteiger partial charge on any atom is -0.388 e. The van der Waals surface area contributed by atoms with Crippen LogP contribution in [-0.4, -0.2) is 11.7 Å². The van der Waals surface area contributed by atoms with Crippen LogP contribution in [0.4, 0.5) is 0 Å². The van der Waals surface area contributed by atoms with Crippen LogP contribution >= 0.6 is 43.5 Å². The Labute approximate surface area is 140 Å². The molecular weight excluding hydrogens is 405 g/mol. The van der Waals surface area contributed by atoms with Crippen molar-refractivity contribution in [2.75, 3.05) is 6.54 Å². The minimum absolute atomic E-state index is 0.173. The van der Waals surface area contributed by atoms with E-state index in [0.29, 0.717) is 11.6 Å². The van der Waals surface area contributed by atoms with Gasteiger partial charge < -0.3 is 10.8 Å². The van der Waals surface area contributed by atoms with E-state index in [2.05, 4.69) is 31.9 Å². The van der Waals surface area contributed by atoms with Crippen LogP contribution in [0.15, 0.2) is 51.4 Å². The van der Waals surface area contributed by atoms with Crippen molar-refractivity contribution >= 4 is 43.5 Å². The number of hydrogen-bond donors (Lipinski definition) is 2. The highest BCUT2D eigenvalue weighted by molar-refractivity contribution is 9.10. The molecule has 0 heterocycles. The van der Waals surface area contributed by atoms with Crippen LogP contribution in [0.3, 0.4) is 0 Å². The summed E-state index contributed by atoms with van der Waals surface area (Å²) < 4.78 is 1.84. The smallest absolute Gasteiger partial charge is 0.0871 e. The summed E-state index contributed by atoms with van der Waals surface area (Å²) in [6, 6.07) is 13.2. The molecule has 20 heavy (non-hydrogen) atoms. The van der Waals surface area contributed by atoms with Crippen molar-refractivity contribution in [1.82, 2.24) is 0 Å². The van der Waals surface area contributed by atoms with Gasteiger partial charge in [0.2, 0.25) is 0 Å². The first-order valence-corrected chi connectivity index (χ1v) is 8.07. The summed E-state index contributed by atoms with van der Waals surface area (Å²) in [6.45, 7) is 0.354. The summed E-state index contributed by atoms with van der Waals surface area (Å²) in [5.41, 5.74) is 7.59. The molecule has 2 aromatic carbocycles. The van der Waals surface area contributed by atoms with E-state index >= 15 is 0 Å². The maximum atomic E-state index is 10.6. The van der Waals surface area contributed by atoms with Crippen LogP contribution in [0.2, 0.25) is 5.02 Å². The predicted octanol–water partition coefficient (Wildman–Crippen LogP) is 4.64. The number of aliphatic hydroxyl groups excluding tert-OH is 1. The van der Waals surface area contributed by atoms with Gasteiger partial charge in [-0.1, -0.05) is 55.6 Å². The van der Waals surface area contributed by atoms with E-state index in [4.69, 9.17) is 17.3 Å². The van der Waals surface area contributed by atoms with Gasteiger partial charge in [-0.2, -0.15) is 0 Å². The summed E-state index contributed by atoms with van der Waals surface area (Å²) in [6.07, 6.45) is -0.698. The van der Waals surface area contributed by atoms with Crippen molar-refractivity contribution in [3.8, 4) is 0 Å². The van der Waals surface area contributed by atoms with Crippen molar-refractivity contribution in [2.45, 2.75) is 12.0 Å². The molecule has 0 aromatic heterocycles. The number of aliphatic hydroxyl groups is 1. The monoisotopic (exact) mass is 417 g/mol. The quantitative estimate of drug-likeness (QED) is 0.758. The molecule has 106 valence electrons. The van der Waals surface area contributed by atoms with E-state index in [1.54, 1.807) is 12.1 Å². The Morgan fingerprint density at radius 3 is 2.20 bits per heavy atom. The number of halogens is 3. The predicted molar refractivity (Wildman–Crippen MR) is 90.0 cm³/mol. The summed E-state index contributed by atoms with van der Waals surface area (Å²) in [5, 5.41) is 11.2. The molecule has 0 radical (unpaired) electrons. The third-order valence-corrected chi connectivity index (χ3v) is 4.36. The molecule has 0 aliphatic rings. The first kappa shape index (κ1) is 16.0. The normalized spacial score (nSPS) is 14.1. The van der Waals surface area contributed by atoms with Crippen LogP contribution in [0, 0.1) is 0 Å². The van der Waals surface area contributed by atoms with Crippen molar-refractivity contribution in [2.24, 2.45) is 5.73 Å². The zero-order chi connectivity index (χ0) is 14.7. The van der Waals surface area contributed by atoms with E-state index in [1.807, 2.05) is 30.3 Å². The molecule has 3 N–H and O–H groups in total. The Morgan fingerprint density at radius 2 is 1.65 bits per heavy atom. The highest BCUT2D eigenvalue weighted by Crippen LogP contribution is 2.33. The molecule has 2 rings (SSSR count). The van der Waals surface area contributed by atoms with E-state index in [1.165, 1.54) is 0 Å².